The number of amides is 1. The Labute approximate surface area is 144 Å². The lowest BCUT2D eigenvalue weighted by atomic mass is 10.1. The molecule has 0 spiro atoms. The van der Waals surface area contributed by atoms with E-state index in [1.165, 1.54) is 0 Å². The molecule has 6 heteroatoms. The molecule has 0 bridgehead atoms. The molecular weight excluding hydrogens is 314 g/mol. The summed E-state index contributed by atoms with van der Waals surface area (Å²) in [5.41, 5.74) is 3.95. The Balaban J connectivity index is 1.51. The van der Waals surface area contributed by atoms with Gasteiger partial charge in [-0.2, -0.15) is 5.10 Å². The van der Waals surface area contributed by atoms with Crippen molar-refractivity contribution < 1.29 is 4.79 Å². The summed E-state index contributed by atoms with van der Waals surface area (Å²) in [7, 11) is 0. The van der Waals surface area contributed by atoms with E-state index in [0.29, 0.717) is 5.69 Å². The van der Waals surface area contributed by atoms with E-state index >= 15 is 0 Å². The number of hydrogen-bond donors (Lipinski definition) is 3. The number of nitrogens with one attached hydrogen (secondary N) is 3. The minimum Gasteiger partial charge on any atom is -0.341 e. The molecule has 0 aliphatic rings. The van der Waals surface area contributed by atoms with E-state index in [1.54, 1.807) is 6.07 Å². The number of rotatable bonds is 4. The van der Waals surface area contributed by atoms with Crippen molar-refractivity contribution in [3.63, 3.8) is 0 Å². The van der Waals surface area contributed by atoms with Crippen LogP contribution in [0.4, 0.5) is 0 Å². The van der Waals surface area contributed by atoms with Crippen LogP contribution in [0.2, 0.25) is 0 Å². The molecule has 4 aromatic rings. The molecule has 124 valence electrons. The lowest BCUT2D eigenvalue weighted by Gasteiger charge is -2.10. The number of carbonyl (C=O) groups excluding carboxylic acids is 1. The smallest absolute Gasteiger partial charge is 0.269 e. The van der Waals surface area contributed by atoms with Crippen molar-refractivity contribution in [1.82, 2.24) is 25.5 Å². The van der Waals surface area contributed by atoms with Crippen molar-refractivity contribution in [2.45, 2.75) is 13.0 Å². The minimum atomic E-state index is -0.247. The third kappa shape index (κ3) is 3.01. The number of aromatic nitrogens is 4. The number of fused-ring (bicyclic) bond motifs is 1. The lowest BCUT2D eigenvalue weighted by molar-refractivity contribution is 0.0933. The molecular formula is C19H17N5O. The van der Waals surface area contributed by atoms with E-state index in [4.69, 9.17) is 0 Å². The second-order valence-corrected chi connectivity index (χ2v) is 5.87. The van der Waals surface area contributed by atoms with Crippen molar-refractivity contribution in [2.75, 3.05) is 0 Å². The van der Waals surface area contributed by atoms with Gasteiger partial charge in [0.15, 0.2) is 0 Å². The molecule has 6 nitrogen and oxygen atoms in total. The second-order valence-electron chi connectivity index (χ2n) is 5.87. The quantitative estimate of drug-likeness (QED) is 0.535. The molecule has 0 unspecified atom stereocenters. The fourth-order valence-corrected chi connectivity index (χ4v) is 2.72. The summed E-state index contributed by atoms with van der Waals surface area (Å²) in [5, 5.41) is 9.94. The van der Waals surface area contributed by atoms with Crippen molar-refractivity contribution in [2.24, 2.45) is 0 Å². The first-order valence-corrected chi connectivity index (χ1v) is 8.07. The van der Waals surface area contributed by atoms with E-state index < -0.39 is 0 Å². The molecule has 1 atom stereocenters. The number of H-pyrrole nitrogens is 2. The zero-order chi connectivity index (χ0) is 17.2. The van der Waals surface area contributed by atoms with Gasteiger partial charge in [0.25, 0.3) is 5.91 Å². The van der Waals surface area contributed by atoms with Crippen molar-refractivity contribution in [3.8, 4) is 11.3 Å². The van der Waals surface area contributed by atoms with Gasteiger partial charge >= 0.3 is 0 Å². The third-order valence-corrected chi connectivity index (χ3v) is 4.06. The predicted molar refractivity (Wildman–Crippen MR) is 96.0 cm³/mol. The maximum Gasteiger partial charge on any atom is 0.269 e. The molecule has 4 rings (SSSR count). The Bertz CT molecular complexity index is 985. The van der Waals surface area contributed by atoms with Gasteiger partial charge in [-0.3, -0.25) is 9.89 Å². The standard InChI is InChI=1S/C19H17N5O/c1-12(18-21-14-9-5-6-10-15(14)22-18)20-19(25)17-11-16(23-24-17)13-7-3-2-4-8-13/h2-12H,1H3,(H,20,25)(H,21,22)(H,23,24)/t12-/m0/s1. The van der Waals surface area contributed by atoms with Crippen molar-refractivity contribution in [1.29, 1.82) is 0 Å². The Morgan fingerprint density at radius 1 is 1.08 bits per heavy atom. The van der Waals surface area contributed by atoms with E-state index in [-0.39, 0.29) is 11.9 Å². The summed E-state index contributed by atoms with van der Waals surface area (Å²) in [6.07, 6.45) is 0. The SMILES string of the molecule is C[C@H](NC(=O)c1cc(-c2ccccc2)n[nH]1)c1nc2ccccc2[nH]1. The molecule has 0 saturated heterocycles. The topological polar surface area (TPSA) is 86.5 Å². The summed E-state index contributed by atoms with van der Waals surface area (Å²) in [4.78, 5) is 20.2. The van der Waals surface area contributed by atoms with Crippen molar-refractivity contribution in [3.05, 3.63) is 72.2 Å². The molecule has 2 aromatic heterocycles. The molecule has 0 radical (unpaired) electrons. The summed E-state index contributed by atoms with van der Waals surface area (Å²) >= 11 is 0. The molecule has 0 aliphatic carbocycles. The Kier molecular flexibility index (Phi) is 3.78. The van der Waals surface area contributed by atoms with Gasteiger partial charge in [0, 0.05) is 5.56 Å². The van der Waals surface area contributed by atoms with Gasteiger partial charge in [0.1, 0.15) is 11.5 Å². The van der Waals surface area contributed by atoms with Gasteiger partial charge in [-0.05, 0) is 25.1 Å². The fraction of sp³-hybridized carbons (Fsp3) is 0.105. The van der Waals surface area contributed by atoms with Gasteiger partial charge in [-0.1, -0.05) is 42.5 Å². The van der Waals surface area contributed by atoms with E-state index in [1.807, 2.05) is 61.5 Å². The van der Waals surface area contributed by atoms with Crippen LogP contribution in [0.15, 0.2) is 60.7 Å². The van der Waals surface area contributed by atoms with Crippen LogP contribution < -0.4 is 5.32 Å². The molecule has 0 saturated carbocycles. The first-order valence-electron chi connectivity index (χ1n) is 8.07. The Hall–Kier alpha value is -3.41. The van der Waals surface area contributed by atoms with Gasteiger partial charge in [-0.15, -0.1) is 0 Å². The normalized spacial score (nSPS) is 12.2. The highest BCUT2D eigenvalue weighted by atomic mass is 16.2. The highest BCUT2D eigenvalue weighted by Crippen LogP contribution is 2.18. The van der Waals surface area contributed by atoms with Crippen LogP contribution >= 0.6 is 0 Å². The number of imidazole rings is 1. The molecule has 2 aromatic carbocycles. The predicted octanol–water partition coefficient (Wildman–Crippen LogP) is 3.44. The monoisotopic (exact) mass is 331 g/mol. The van der Waals surface area contributed by atoms with E-state index in [2.05, 4.69) is 25.5 Å². The van der Waals surface area contributed by atoms with Crippen LogP contribution in [-0.4, -0.2) is 26.1 Å². The largest absolute Gasteiger partial charge is 0.341 e. The molecule has 25 heavy (non-hydrogen) atoms. The van der Waals surface area contributed by atoms with Crippen LogP contribution in [0.1, 0.15) is 29.3 Å². The van der Waals surface area contributed by atoms with Gasteiger partial charge in [0.05, 0.1) is 22.8 Å². The van der Waals surface area contributed by atoms with Crippen LogP contribution in [0.5, 0.6) is 0 Å². The number of benzene rings is 2. The summed E-state index contributed by atoms with van der Waals surface area (Å²) in [6, 6.07) is 19.0. The second kappa shape index (κ2) is 6.24. The molecule has 1 amide bonds. The maximum atomic E-state index is 12.5. The zero-order valence-corrected chi connectivity index (χ0v) is 13.7. The number of aromatic amines is 2. The van der Waals surface area contributed by atoms with Crippen LogP contribution in [0.3, 0.4) is 0 Å². The Morgan fingerprint density at radius 3 is 2.64 bits per heavy atom. The Morgan fingerprint density at radius 2 is 1.84 bits per heavy atom. The average Bonchev–Trinajstić information content (AvgIpc) is 3.29. The molecule has 0 aliphatic heterocycles. The fourth-order valence-electron chi connectivity index (χ4n) is 2.72. The number of hydrogen-bond acceptors (Lipinski definition) is 3. The number of para-hydroxylation sites is 2. The summed E-state index contributed by atoms with van der Waals surface area (Å²) in [5.74, 6) is 0.500. The third-order valence-electron chi connectivity index (χ3n) is 4.06. The number of nitrogens with zero attached hydrogens (tertiary/aromatic N) is 2. The molecule has 3 N–H and O–H groups in total. The van der Waals surface area contributed by atoms with Gasteiger partial charge < -0.3 is 10.3 Å². The van der Waals surface area contributed by atoms with Crippen LogP contribution in [0.25, 0.3) is 22.3 Å². The van der Waals surface area contributed by atoms with E-state index in [9.17, 15) is 4.79 Å². The van der Waals surface area contributed by atoms with E-state index in [0.717, 1.165) is 28.1 Å². The van der Waals surface area contributed by atoms with Crippen LogP contribution in [-0.2, 0) is 0 Å². The maximum absolute atomic E-state index is 12.5. The zero-order valence-electron chi connectivity index (χ0n) is 13.7. The summed E-state index contributed by atoms with van der Waals surface area (Å²) in [6.45, 7) is 1.89. The molecule has 2 heterocycles. The first kappa shape index (κ1) is 15.1. The number of carbonyl (C=O) groups is 1. The first-order chi connectivity index (χ1) is 12.2. The highest BCUT2D eigenvalue weighted by molar-refractivity contribution is 5.93. The summed E-state index contributed by atoms with van der Waals surface area (Å²) < 4.78 is 0. The average molecular weight is 331 g/mol. The highest BCUT2D eigenvalue weighted by Gasteiger charge is 2.16. The molecule has 0 fully saturated rings. The van der Waals surface area contributed by atoms with Gasteiger partial charge in [0.2, 0.25) is 0 Å². The van der Waals surface area contributed by atoms with Crippen LogP contribution in [0, 0.1) is 0 Å². The van der Waals surface area contributed by atoms with Crippen molar-refractivity contribution >= 4 is 16.9 Å². The lowest BCUT2D eigenvalue weighted by Crippen LogP contribution is -2.27. The van der Waals surface area contributed by atoms with Gasteiger partial charge in [-0.25, -0.2) is 4.98 Å². The minimum absolute atomic E-state index is 0.220.